The Balaban J connectivity index is 3.32. The molecule has 0 heterocycles. The molecule has 0 radical (unpaired) electrons. The Morgan fingerprint density at radius 2 is 1.12 bits per heavy atom. The number of aliphatic hydroxyl groups is 1. The van der Waals surface area contributed by atoms with Gasteiger partial charge in [-0.05, 0) is 12.8 Å². The molecule has 0 aromatic rings. The smallest absolute Gasteiger partial charge is 0.0618 e. The molecular weight excluding hydrogens is 318 g/mol. The molecule has 0 aliphatic rings. The molecule has 150 valence electrons. The van der Waals surface area contributed by atoms with E-state index in [1.807, 2.05) is 24.3 Å². The van der Waals surface area contributed by atoms with Gasteiger partial charge in [0.25, 0.3) is 0 Å². The van der Waals surface area contributed by atoms with Crippen LogP contribution in [0.4, 0.5) is 0 Å². The number of rotatable bonds is 18. The lowest BCUT2D eigenvalue weighted by Gasteiger charge is -2.02. The molecule has 2 heteroatoms. The number of allylic oxidation sites excluding steroid dienone is 7. The van der Waals surface area contributed by atoms with E-state index in [0.717, 1.165) is 0 Å². The number of hydrogen-bond donors (Lipinski definition) is 2. The van der Waals surface area contributed by atoms with Gasteiger partial charge in [-0.25, -0.2) is 0 Å². The monoisotopic (exact) mass is 361 g/mol. The minimum Gasteiger partial charge on any atom is -0.394 e. The highest BCUT2D eigenvalue weighted by molar-refractivity contribution is 5.16. The molecule has 26 heavy (non-hydrogen) atoms. The summed E-state index contributed by atoms with van der Waals surface area (Å²) in [6, 6.07) is -0.265. The number of unbranched alkanes of at least 4 members (excludes halogenated alkanes) is 12. The summed E-state index contributed by atoms with van der Waals surface area (Å²) in [4.78, 5) is 0. The number of nitrogens with two attached hydrogens (primary N) is 1. The van der Waals surface area contributed by atoms with Gasteiger partial charge in [-0.15, -0.1) is 0 Å². The first-order chi connectivity index (χ1) is 12.8. The van der Waals surface area contributed by atoms with Crippen molar-refractivity contribution in [2.75, 3.05) is 6.61 Å². The van der Waals surface area contributed by atoms with Gasteiger partial charge in [-0.3, -0.25) is 0 Å². The van der Waals surface area contributed by atoms with Crippen molar-refractivity contribution < 1.29 is 5.11 Å². The van der Waals surface area contributed by atoms with Crippen molar-refractivity contribution >= 4 is 0 Å². The van der Waals surface area contributed by atoms with E-state index in [1.165, 1.54) is 83.5 Å². The van der Waals surface area contributed by atoms with E-state index >= 15 is 0 Å². The van der Waals surface area contributed by atoms with Crippen LogP contribution in [0.3, 0.4) is 0 Å². The second kappa shape index (κ2) is 21.9. The Kier molecular flexibility index (Phi) is 21.0. The van der Waals surface area contributed by atoms with Gasteiger partial charge < -0.3 is 10.8 Å². The second-order valence-corrected chi connectivity index (χ2v) is 7.11. The van der Waals surface area contributed by atoms with Crippen LogP contribution in [-0.2, 0) is 0 Å². The van der Waals surface area contributed by atoms with Crippen molar-refractivity contribution in [3.8, 4) is 0 Å². The third kappa shape index (κ3) is 20.9. The summed E-state index contributed by atoms with van der Waals surface area (Å²) in [6.45, 7) is 2.27. The summed E-state index contributed by atoms with van der Waals surface area (Å²) >= 11 is 0. The van der Waals surface area contributed by atoms with Crippen LogP contribution in [0.5, 0.6) is 0 Å². The molecule has 0 rings (SSSR count). The van der Waals surface area contributed by atoms with E-state index in [9.17, 15) is 0 Å². The van der Waals surface area contributed by atoms with Crippen LogP contribution in [0.1, 0.15) is 90.4 Å². The number of hydrogen-bond acceptors (Lipinski definition) is 2. The van der Waals surface area contributed by atoms with Crippen molar-refractivity contribution in [2.45, 2.75) is 96.4 Å². The van der Waals surface area contributed by atoms with Crippen LogP contribution in [0, 0.1) is 0 Å². The first-order valence-corrected chi connectivity index (χ1v) is 10.8. The first-order valence-electron chi connectivity index (χ1n) is 10.8. The molecule has 0 saturated carbocycles. The minimum atomic E-state index is -0.265. The van der Waals surface area contributed by atoms with Crippen LogP contribution >= 0.6 is 0 Å². The van der Waals surface area contributed by atoms with E-state index in [1.54, 1.807) is 6.08 Å². The second-order valence-electron chi connectivity index (χ2n) is 7.11. The van der Waals surface area contributed by atoms with Crippen molar-refractivity contribution in [1.29, 1.82) is 0 Å². The van der Waals surface area contributed by atoms with Gasteiger partial charge in [0.05, 0.1) is 6.61 Å². The SMILES string of the molecule is CCCCCCCCCCCCCC/C=C/C=C/C=C/C=C/C(N)CO. The Labute approximate surface area is 163 Å². The zero-order chi connectivity index (χ0) is 19.1. The molecule has 0 saturated heterocycles. The quantitative estimate of drug-likeness (QED) is 0.213. The summed E-state index contributed by atoms with van der Waals surface area (Å²) in [5.41, 5.74) is 5.55. The zero-order valence-electron chi connectivity index (χ0n) is 17.1. The van der Waals surface area contributed by atoms with E-state index in [4.69, 9.17) is 10.8 Å². The minimum absolute atomic E-state index is 0.0119. The predicted molar refractivity (Wildman–Crippen MR) is 117 cm³/mol. The zero-order valence-corrected chi connectivity index (χ0v) is 17.1. The van der Waals surface area contributed by atoms with Gasteiger partial charge in [0.15, 0.2) is 0 Å². The molecular formula is C24H43NO. The van der Waals surface area contributed by atoms with Gasteiger partial charge in [0, 0.05) is 6.04 Å². The average Bonchev–Trinajstić information content (AvgIpc) is 2.66. The van der Waals surface area contributed by atoms with Crippen LogP contribution in [-0.4, -0.2) is 17.8 Å². The Morgan fingerprint density at radius 1 is 0.654 bits per heavy atom. The lowest BCUT2D eigenvalue weighted by molar-refractivity contribution is 0.284. The molecule has 0 amide bonds. The third-order valence-corrected chi connectivity index (χ3v) is 4.49. The van der Waals surface area contributed by atoms with Crippen molar-refractivity contribution in [1.82, 2.24) is 0 Å². The summed E-state index contributed by atoms with van der Waals surface area (Å²) in [5, 5.41) is 8.77. The van der Waals surface area contributed by atoms with Crippen LogP contribution in [0.25, 0.3) is 0 Å². The van der Waals surface area contributed by atoms with Crippen molar-refractivity contribution in [3.05, 3.63) is 48.6 Å². The van der Waals surface area contributed by atoms with Crippen molar-refractivity contribution in [2.24, 2.45) is 5.73 Å². The van der Waals surface area contributed by atoms with Gasteiger partial charge in [-0.2, -0.15) is 0 Å². The van der Waals surface area contributed by atoms with Gasteiger partial charge in [-0.1, -0.05) is 126 Å². The Morgan fingerprint density at radius 3 is 1.65 bits per heavy atom. The third-order valence-electron chi connectivity index (χ3n) is 4.49. The van der Waals surface area contributed by atoms with Gasteiger partial charge in [0.2, 0.25) is 0 Å². The first kappa shape index (κ1) is 24.9. The molecule has 0 spiro atoms. The van der Waals surface area contributed by atoms with Gasteiger partial charge >= 0.3 is 0 Å². The molecule has 2 nitrogen and oxygen atoms in total. The molecule has 0 fully saturated rings. The molecule has 0 bridgehead atoms. The maximum absolute atomic E-state index is 8.77. The van der Waals surface area contributed by atoms with Crippen LogP contribution < -0.4 is 5.73 Å². The summed E-state index contributed by atoms with van der Waals surface area (Å²) in [7, 11) is 0. The largest absolute Gasteiger partial charge is 0.394 e. The molecule has 3 N–H and O–H groups in total. The van der Waals surface area contributed by atoms with E-state index in [-0.39, 0.29) is 12.6 Å². The van der Waals surface area contributed by atoms with Crippen LogP contribution in [0.2, 0.25) is 0 Å². The van der Waals surface area contributed by atoms with E-state index in [0.29, 0.717) is 0 Å². The summed E-state index contributed by atoms with van der Waals surface area (Å²) < 4.78 is 0. The fraction of sp³-hybridized carbons (Fsp3) is 0.667. The predicted octanol–water partition coefficient (Wildman–Crippen LogP) is 6.62. The summed E-state index contributed by atoms with van der Waals surface area (Å²) in [5.74, 6) is 0. The molecule has 1 atom stereocenters. The summed E-state index contributed by atoms with van der Waals surface area (Å²) in [6.07, 6.45) is 34.0. The van der Waals surface area contributed by atoms with E-state index in [2.05, 4.69) is 25.2 Å². The molecule has 0 aliphatic carbocycles. The number of aliphatic hydroxyl groups excluding tert-OH is 1. The fourth-order valence-electron chi connectivity index (χ4n) is 2.80. The maximum atomic E-state index is 8.77. The fourth-order valence-corrected chi connectivity index (χ4v) is 2.80. The Bertz CT molecular complexity index is 382. The standard InChI is InChI=1S/C24H43NO/c1-2-3-4-5-6-7-8-9-10-11-12-13-14-15-16-17-18-19-20-21-22-24(25)23-26/h15-22,24,26H,2-14,23,25H2,1H3/b16-15+,18-17+,20-19+,22-21+. The normalized spacial score (nSPS) is 13.8. The highest BCUT2D eigenvalue weighted by Gasteiger charge is 1.92. The van der Waals surface area contributed by atoms with Crippen LogP contribution in [0.15, 0.2) is 48.6 Å². The molecule has 0 aromatic heterocycles. The highest BCUT2D eigenvalue weighted by Crippen LogP contribution is 2.12. The average molecular weight is 362 g/mol. The lowest BCUT2D eigenvalue weighted by Crippen LogP contribution is -2.20. The van der Waals surface area contributed by atoms with Gasteiger partial charge in [0.1, 0.15) is 0 Å². The molecule has 1 unspecified atom stereocenters. The highest BCUT2D eigenvalue weighted by atomic mass is 16.3. The van der Waals surface area contributed by atoms with Crippen molar-refractivity contribution in [3.63, 3.8) is 0 Å². The topological polar surface area (TPSA) is 46.2 Å². The molecule has 0 aromatic carbocycles. The Hall–Kier alpha value is -1.12. The molecule has 0 aliphatic heterocycles. The van der Waals surface area contributed by atoms with E-state index < -0.39 is 0 Å². The maximum Gasteiger partial charge on any atom is 0.0618 e. The lowest BCUT2D eigenvalue weighted by atomic mass is 10.0.